The minimum absolute atomic E-state index is 0.224. The molecule has 3 rings (SSSR count). The van der Waals surface area contributed by atoms with Crippen LogP contribution in [0.4, 0.5) is 4.79 Å². The van der Waals surface area contributed by atoms with E-state index in [4.69, 9.17) is 9.47 Å². The molecule has 1 amide bonds. The van der Waals surface area contributed by atoms with Crippen LogP contribution in [0.15, 0.2) is 48.5 Å². The summed E-state index contributed by atoms with van der Waals surface area (Å²) < 4.78 is 10.9. The Morgan fingerprint density at radius 2 is 1.52 bits per heavy atom. The second kappa shape index (κ2) is 8.01. The molecule has 1 fully saturated rings. The molecule has 5 nitrogen and oxygen atoms in total. The molecule has 27 heavy (non-hydrogen) atoms. The maximum atomic E-state index is 12.3. The molecule has 0 aliphatic carbocycles. The fraction of sp³-hybridized carbons (Fsp3) is 0.409. The van der Waals surface area contributed by atoms with E-state index >= 15 is 0 Å². The van der Waals surface area contributed by atoms with Crippen molar-refractivity contribution in [3.8, 4) is 11.5 Å². The molecular formula is C22H27NO4. The molecule has 5 heteroatoms. The molecule has 1 aliphatic heterocycles. The Hall–Kier alpha value is -2.53. The summed E-state index contributed by atoms with van der Waals surface area (Å²) in [5.41, 5.74) is 1.98. The predicted octanol–water partition coefficient (Wildman–Crippen LogP) is 4.33. The van der Waals surface area contributed by atoms with Gasteiger partial charge in [0.2, 0.25) is 0 Å². The van der Waals surface area contributed by atoms with E-state index in [0.717, 1.165) is 24.0 Å². The van der Waals surface area contributed by atoms with Gasteiger partial charge in [-0.15, -0.1) is 0 Å². The molecule has 0 saturated carbocycles. The van der Waals surface area contributed by atoms with E-state index in [1.165, 1.54) is 0 Å². The number of methoxy groups -OCH3 is 1. The highest BCUT2D eigenvalue weighted by atomic mass is 16.6. The van der Waals surface area contributed by atoms with Crippen LogP contribution in [0, 0.1) is 0 Å². The highest BCUT2D eigenvalue weighted by molar-refractivity contribution is 5.70. The number of benzene rings is 2. The lowest BCUT2D eigenvalue weighted by Crippen LogP contribution is -2.42. The fourth-order valence-corrected chi connectivity index (χ4v) is 3.42. The average Bonchev–Trinajstić information content (AvgIpc) is 2.69. The quantitative estimate of drug-likeness (QED) is 0.872. The van der Waals surface area contributed by atoms with Gasteiger partial charge in [-0.05, 0) is 48.2 Å². The maximum absolute atomic E-state index is 12.3. The smallest absolute Gasteiger partial charge is 0.415 e. The number of ether oxygens (including phenoxy) is 2. The first kappa shape index (κ1) is 19.2. The normalized spacial score (nSPS) is 15.6. The molecule has 2 aromatic rings. The Labute approximate surface area is 160 Å². The van der Waals surface area contributed by atoms with Crippen molar-refractivity contribution in [1.29, 1.82) is 0 Å². The van der Waals surface area contributed by atoms with E-state index in [0.29, 0.717) is 18.8 Å². The van der Waals surface area contributed by atoms with Crippen LogP contribution in [0.2, 0.25) is 0 Å². The third-order valence-electron chi connectivity index (χ3n) is 5.40. The lowest BCUT2D eigenvalue weighted by Gasteiger charge is -2.30. The molecule has 0 atom stereocenters. The van der Waals surface area contributed by atoms with Crippen molar-refractivity contribution in [2.45, 2.75) is 38.2 Å². The van der Waals surface area contributed by atoms with Crippen LogP contribution in [0.25, 0.3) is 0 Å². The van der Waals surface area contributed by atoms with Gasteiger partial charge in [0, 0.05) is 25.6 Å². The second-order valence-corrected chi connectivity index (χ2v) is 7.49. The van der Waals surface area contributed by atoms with Crippen LogP contribution in [0.3, 0.4) is 0 Å². The van der Waals surface area contributed by atoms with Crippen LogP contribution in [0.1, 0.15) is 37.8 Å². The van der Waals surface area contributed by atoms with Gasteiger partial charge in [0.05, 0.1) is 6.10 Å². The molecule has 1 aliphatic rings. The Bertz CT molecular complexity index is 760. The van der Waals surface area contributed by atoms with E-state index in [9.17, 15) is 9.90 Å². The van der Waals surface area contributed by atoms with Crippen LogP contribution in [0.5, 0.6) is 11.5 Å². The van der Waals surface area contributed by atoms with Gasteiger partial charge in [0.25, 0.3) is 0 Å². The number of nitrogens with zero attached hydrogens (tertiary/aromatic N) is 1. The van der Waals surface area contributed by atoms with Gasteiger partial charge in [-0.25, -0.2) is 4.79 Å². The summed E-state index contributed by atoms with van der Waals surface area (Å²) in [6.45, 7) is 5.56. The van der Waals surface area contributed by atoms with Crippen molar-refractivity contribution < 1.29 is 19.4 Å². The van der Waals surface area contributed by atoms with Crippen LogP contribution in [-0.4, -0.2) is 42.4 Å². The molecule has 0 bridgehead atoms. The van der Waals surface area contributed by atoms with E-state index in [1.807, 2.05) is 36.4 Å². The highest BCUT2D eigenvalue weighted by Gasteiger charge is 2.25. The number of carbonyl (C=O) groups is 1. The van der Waals surface area contributed by atoms with Gasteiger partial charge < -0.3 is 19.5 Å². The van der Waals surface area contributed by atoms with E-state index in [2.05, 4.69) is 13.8 Å². The van der Waals surface area contributed by atoms with E-state index in [1.54, 1.807) is 24.1 Å². The summed E-state index contributed by atoms with van der Waals surface area (Å²) in [7, 11) is 1.71. The third kappa shape index (κ3) is 4.42. The highest BCUT2D eigenvalue weighted by Crippen LogP contribution is 2.33. The summed E-state index contributed by atoms with van der Waals surface area (Å²) in [4.78, 5) is 14.1. The lowest BCUT2D eigenvalue weighted by molar-refractivity contribution is 0.0435. The zero-order valence-corrected chi connectivity index (χ0v) is 16.1. The fourth-order valence-electron chi connectivity index (χ4n) is 3.42. The van der Waals surface area contributed by atoms with Gasteiger partial charge in [-0.2, -0.15) is 0 Å². The minimum Gasteiger partial charge on any atom is -0.508 e. The Balaban J connectivity index is 1.65. The van der Waals surface area contributed by atoms with Gasteiger partial charge in [-0.1, -0.05) is 38.1 Å². The van der Waals surface area contributed by atoms with Gasteiger partial charge in [0.1, 0.15) is 11.5 Å². The number of hydrogen-bond donors (Lipinski definition) is 1. The van der Waals surface area contributed by atoms with Crippen molar-refractivity contribution in [1.82, 2.24) is 4.90 Å². The number of amides is 1. The second-order valence-electron chi connectivity index (χ2n) is 7.49. The molecule has 1 N–H and O–H groups in total. The van der Waals surface area contributed by atoms with Crippen molar-refractivity contribution in [3.63, 3.8) is 0 Å². The third-order valence-corrected chi connectivity index (χ3v) is 5.40. The molecular weight excluding hydrogens is 342 g/mol. The number of carbonyl (C=O) groups excluding carboxylic acids is 1. The topological polar surface area (TPSA) is 59.0 Å². The minimum atomic E-state index is -0.310. The summed E-state index contributed by atoms with van der Waals surface area (Å²) in [5.74, 6) is 0.797. The zero-order chi connectivity index (χ0) is 19.4. The summed E-state index contributed by atoms with van der Waals surface area (Å²) in [5, 5.41) is 9.49. The zero-order valence-electron chi connectivity index (χ0n) is 16.1. The molecule has 0 unspecified atom stereocenters. The van der Waals surface area contributed by atoms with Gasteiger partial charge >= 0.3 is 6.09 Å². The molecule has 0 spiro atoms. The molecule has 1 heterocycles. The van der Waals surface area contributed by atoms with Gasteiger partial charge in [0.15, 0.2) is 0 Å². The average molecular weight is 369 g/mol. The first-order valence-corrected chi connectivity index (χ1v) is 9.30. The molecule has 0 aromatic heterocycles. The van der Waals surface area contributed by atoms with Crippen LogP contribution >= 0.6 is 0 Å². The largest absolute Gasteiger partial charge is 0.508 e. The number of aromatic hydroxyl groups is 1. The van der Waals surface area contributed by atoms with Crippen molar-refractivity contribution in [3.05, 3.63) is 59.7 Å². The number of phenolic OH excluding ortho intramolecular Hbond substituents is 1. The lowest BCUT2D eigenvalue weighted by atomic mass is 9.78. The number of rotatable bonds is 4. The van der Waals surface area contributed by atoms with Crippen LogP contribution in [-0.2, 0) is 10.2 Å². The monoisotopic (exact) mass is 369 g/mol. The Morgan fingerprint density at radius 3 is 2.04 bits per heavy atom. The van der Waals surface area contributed by atoms with Gasteiger partial charge in [-0.3, -0.25) is 0 Å². The first-order valence-electron chi connectivity index (χ1n) is 9.30. The number of phenols is 1. The Morgan fingerprint density at radius 1 is 1.00 bits per heavy atom. The predicted molar refractivity (Wildman–Crippen MR) is 104 cm³/mol. The van der Waals surface area contributed by atoms with Crippen molar-refractivity contribution in [2.24, 2.45) is 0 Å². The molecule has 0 radical (unpaired) electrons. The molecule has 144 valence electrons. The summed E-state index contributed by atoms with van der Waals surface area (Å²) in [6.07, 6.45) is 1.60. The SMILES string of the molecule is COC1CCN(C(=O)Oc2ccc(C(C)(C)c3ccc(O)cc3)cc2)CC1. The van der Waals surface area contributed by atoms with Crippen molar-refractivity contribution in [2.75, 3.05) is 20.2 Å². The number of hydrogen-bond acceptors (Lipinski definition) is 4. The maximum Gasteiger partial charge on any atom is 0.415 e. The number of piperidine rings is 1. The number of likely N-dealkylation sites (tertiary alicyclic amines) is 1. The van der Waals surface area contributed by atoms with E-state index < -0.39 is 0 Å². The van der Waals surface area contributed by atoms with E-state index in [-0.39, 0.29) is 23.4 Å². The molecule has 1 saturated heterocycles. The Kier molecular flexibility index (Phi) is 5.71. The standard InChI is InChI=1S/C22H27NO4/c1-22(2,16-4-8-18(24)9-5-16)17-6-10-20(11-7-17)27-21(25)23-14-12-19(26-3)13-15-23/h4-11,19,24H,12-15H2,1-3H3. The summed E-state index contributed by atoms with van der Waals surface area (Å²) >= 11 is 0. The summed E-state index contributed by atoms with van der Waals surface area (Å²) in [6, 6.07) is 14.9. The first-order chi connectivity index (χ1) is 12.9. The molecule has 2 aromatic carbocycles. The van der Waals surface area contributed by atoms with Crippen molar-refractivity contribution >= 4 is 6.09 Å². The van der Waals surface area contributed by atoms with Crippen LogP contribution < -0.4 is 4.74 Å².